The van der Waals surface area contributed by atoms with Crippen LogP contribution in [0.4, 0.5) is 8.78 Å². The maximum Gasteiger partial charge on any atom is 0.387 e. The Morgan fingerprint density at radius 2 is 2.09 bits per heavy atom. The molecule has 0 saturated heterocycles. The molecule has 0 fully saturated rings. The van der Waals surface area contributed by atoms with Crippen molar-refractivity contribution < 1.29 is 18.3 Å². The SMILES string of the molecule is Cc1c(C(=O)NC2CCCc3cc(OC(F)F)ccc32)nnn1-c1cccc2ncccc12. The second kappa shape index (κ2) is 8.57. The monoisotopic (exact) mass is 449 g/mol. The van der Waals surface area contributed by atoms with Gasteiger partial charge in [0.1, 0.15) is 5.75 Å². The van der Waals surface area contributed by atoms with Crippen LogP contribution >= 0.6 is 0 Å². The summed E-state index contributed by atoms with van der Waals surface area (Å²) >= 11 is 0. The van der Waals surface area contributed by atoms with Gasteiger partial charge in [-0.05, 0) is 73.7 Å². The number of nitrogens with one attached hydrogen (secondary N) is 1. The van der Waals surface area contributed by atoms with Crippen molar-refractivity contribution in [3.8, 4) is 11.4 Å². The first-order valence-corrected chi connectivity index (χ1v) is 10.7. The lowest BCUT2D eigenvalue weighted by atomic mass is 9.87. The molecule has 9 heteroatoms. The molecule has 4 aromatic rings. The molecule has 2 aromatic carbocycles. The van der Waals surface area contributed by atoms with Crippen LogP contribution in [0.3, 0.4) is 0 Å². The molecule has 168 valence electrons. The summed E-state index contributed by atoms with van der Waals surface area (Å²) in [6.07, 6.45) is 4.04. The highest BCUT2D eigenvalue weighted by Gasteiger charge is 2.26. The number of nitrogens with zero attached hydrogens (tertiary/aromatic N) is 4. The van der Waals surface area contributed by atoms with E-state index in [0.29, 0.717) is 5.69 Å². The van der Waals surface area contributed by atoms with E-state index in [0.717, 1.165) is 47.0 Å². The van der Waals surface area contributed by atoms with E-state index in [2.05, 4.69) is 25.3 Å². The Balaban J connectivity index is 1.40. The van der Waals surface area contributed by atoms with Crippen LogP contribution < -0.4 is 10.1 Å². The number of aryl methyl sites for hydroxylation is 1. The number of hydrogen-bond acceptors (Lipinski definition) is 5. The largest absolute Gasteiger partial charge is 0.435 e. The Kier molecular flexibility index (Phi) is 5.45. The Bertz CT molecular complexity index is 1330. The zero-order valence-electron chi connectivity index (χ0n) is 17.8. The first kappa shape index (κ1) is 21.0. The highest BCUT2D eigenvalue weighted by atomic mass is 19.3. The molecule has 0 saturated carbocycles. The number of aromatic nitrogens is 4. The van der Waals surface area contributed by atoms with Crippen LogP contribution in [-0.4, -0.2) is 32.5 Å². The molecule has 0 spiro atoms. The number of carbonyl (C=O) groups is 1. The summed E-state index contributed by atoms with van der Waals surface area (Å²) < 4.78 is 31.2. The zero-order chi connectivity index (χ0) is 22.9. The summed E-state index contributed by atoms with van der Waals surface area (Å²) in [5.41, 5.74) is 4.26. The van der Waals surface area contributed by atoms with Crippen molar-refractivity contribution in [1.82, 2.24) is 25.3 Å². The van der Waals surface area contributed by atoms with Gasteiger partial charge in [0.15, 0.2) is 5.69 Å². The third-order valence-corrected chi connectivity index (χ3v) is 5.92. The van der Waals surface area contributed by atoms with E-state index in [-0.39, 0.29) is 23.4 Å². The van der Waals surface area contributed by atoms with Crippen molar-refractivity contribution in [2.45, 2.75) is 38.8 Å². The lowest BCUT2D eigenvalue weighted by Crippen LogP contribution is -2.31. The summed E-state index contributed by atoms with van der Waals surface area (Å²) in [4.78, 5) is 17.5. The molecule has 7 nitrogen and oxygen atoms in total. The molecule has 1 amide bonds. The van der Waals surface area contributed by atoms with Gasteiger partial charge in [-0.3, -0.25) is 9.78 Å². The molecule has 2 heterocycles. The fourth-order valence-corrected chi connectivity index (χ4v) is 4.38. The number of amides is 1. The number of ether oxygens (including phenoxy) is 1. The van der Waals surface area contributed by atoms with E-state index in [9.17, 15) is 13.6 Å². The van der Waals surface area contributed by atoms with Gasteiger partial charge in [-0.25, -0.2) is 4.68 Å². The lowest BCUT2D eigenvalue weighted by molar-refractivity contribution is -0.0499. The molecule has 0 aliphatic heterocycles. The highest BCUT2D eigenvalue weighted by molar-refractivity contribution is 5.94. The van der Waals surface area contributed by atoms with Crippen LogP contribution in [-0.2, 0) is 6.42 Å². The Morgan fingerprint density at radius 3 is 2.94 bits per heavy atom. The van der Waals surface area contributed by atoms with Gasteiger partial charge in [0.2, 0.25) is 0 Å². The van der Waals surface area contributed by atoms with E-state index in [1.807, 2.05) is 30.3 Å². The van der Waals surface area contributed by atoms with Gasteiger partial charge in [-0.2, -0.15) is 8.78 Å². The van der Waals surface area contributed by atoms with Gasteiger partial charge in [-0.15, -0.1) is 5.10 Å². The predicted octanol–water partition coefficient (Wildman–Crippen LogP) is 4.53. The summed E-state index contributed by atoms with van der Waals surface area (Å²) in [6.45, 7) is -1.07. The Morgan fingerprint density at radius 1 is 1.21 bits per heavy atom. The molecule has 1 unspecified atom stereocenters. The van der Waals surface area contributed by atoms with E-state index >= 15 is 0 Å². The van der Waals surface area contributed by atoms with Gasteiger partial charge < -0.3 is 10.1 Å². The first-order chi connectivity index (χ1) is 16.0. The minimum atomic E-state index is -2.87. The third kappa shape index (κ3) is 4.02. The minimum Gasteiger partial charge on any atom is -0.435 e. The molecule has 1 N–H and O–H groups in total. The predicted molar refractivity (Wildman–Crippen MR) is 118 cm³/mol. The van der Waals surface area contributed by atoms with Crippen molar-refractivity contribution in [2.75, 3.05) is 0 Å². The standard InChI is InChI=1S/C24H21F2N5O2/c1-14-22(29-30-31(14)21-9-3-7-19-18(21)6-4-12-27-19)23(32)28-20-8-2-5-15-13-16(33-24(25)26)10-11-17(15)20/h3-4,6-7,9-13,20,24H,2,5,8H2,1H3,(H,28,32). The summed E-state index contributed by atoms with van der Waals surface area (Å²) in [7, 11) is 0. The molecular formula is C24H21F2N5O2. The smallest absolute Gasteiger partial charge is 0.387 e. The Hall–Kier alpha value is -3.88. The molecular weight excluding hydrogens is 428 g/mol. The number of alkyl halides is 2. The van der Waals surface area contributed by atoms with Crippen LogP contribution in [0.1, 0.15) is 46.2 Å². The lowest BCUT2D eigenvalue weighted by Gasteiger charge is -2.26. The Labute approximate surface area is 188 Å². The van der Waals surface area contributed by atoms with Gasteiger partial charge in [0, 0.05) is 11.6 Å². The van der Waals surface area contributed by atoms with Crippen LogP contribution in [0.25, 0.3) is 16.6 Å². The van der Waals surface area contributed by atoms with Crippen molar-refractivity contribution >= 4 is 16.8 Å². The third-order valence-electron chi connectivity index (χ3n) is 5.92. The van der Waals surface area contributed by atoms with Crippen molar-refractivity contribution in [3.63, 3.8) is 0 Å². The molecule has 0 radical (unpaired) electrons. The van der Waals surface area contributed by atoms with Crippen molar-refractivity contribution in [3.05, 3.63) is 77.2 Å². The number of rotatable bonds is 5. The van der Waals surface area contributed by atoms with Crippen LogP contribution in [0.15, 0.2) is 54.7 Å². The average Bonchev–Trinajstić information content (AvgIpc) is 3.19. The van der Waals surface area contributed by atoms with Crippen LogP contribution in [0, 0.1) is 6.92 Å². The fraction of sp³-hybridized carbons (Fsp3) is 0.250. The van der Waals surface area contributed by atoms with E-state index < -0.39 is 6.61 Å². The second-order valence-corrected chi connectivity index (χ2v) is 7.94. The van der Waals surface area contributed by atoms with Gasteiger partial charge in [0.05, 0.1) is 22.9 Å². The number of fused-ring (bicyclic) bond motifs is 2. The first-order valence-electron chi connectivity index (χ1n) is 10.7. The quantitative estimate of drug-likeness (QED) is 0.484. The van der Waals surface area contributed by atoms with Crippen molar-refractivity contribution in [2.24, 2.45) is 0 Å². The topological polar surface area (TPSA) is 81.9 Å². The molecule has 2 aromatic heterocycles. The maximum absolute atomic E-state index is 13.1. The van der Waals surface area contributed by atoms with Crippen molar-refractivity contribution in [1.29, 1.82) is 0 Å². The molecule has 1 aliphatic carbocycles. The highest BCUT2D eigenvalue weighted by Crippen LogP contribution is 2.33. The normalized spacial score (nSPS) is 15.5. The number of pyridine rings is 1. The van der Waals surface area contributed by atoms with Gasteiger partial charge in [0.25, 0.3) is 5.91 Å². The molecule has 33 heavy (non-hydrogen) atoms. The zero-order valence-corrected chi connectivity index (χ0v) is 17.8. The fourth-order valence-electron chi connectivity index (χ4n) is 4.38. The number of halogens is 2. The molecule has 1 aliphatic rings. The number of benzene rings is 2. The maximum atomic E-state index is 13.1. The average molecular weight is 449 g/mol. The summed E-state index contributed by atoms with van der Waals surface area (Å²) in [5, 5.41) is 12.3. The molecule has 1 atom stereocenters. The van der Waals surface area contributed by atoms with E-state index in [1.54, 1.807) is 29.9 Å². The summed E-state index contributed by atoms with van der Waals surface area (Å²) in [5.74, 6) is -0.207. The van der Waals surface area contributed by atoms with Gasteiger partial charge in [-0.1, -0.05) is 17.3 Å². The molecule has 5 rings (SSSR count). The minimum absolute atomic E-state index is 0.124. The van der Waals surface area contributed by atoms with E-state index in [1.165, 1.54) is 6.07 Å². The number of hydrogen-bond donors (Lipinski definition) is 1. The second-order valence-electron chi connectivity index (χ2n) is 7.94. The van der Waals surface area contributed by atoms with Crippen LogP contribution in [0.2, 0.25) is 0 Å². The summed E-state index contributed by atoms with van der Waals surface area (Å²) in [6, 6.07) is 14.1. The van der Waals surface area contributed by atoms with Gasteiger partial charge >= 0.3 is 6.61 Å². The molecule has 0 bridgehead atoms. The van der Waals surface area contributed by atoms with E-state index in [4.69, 9.17) is 0 Å². The number of carbonyl (C=O) groups excluding carboxylic acids is 1. The van der Waals surface area contributed by atoms with Crippen LogP contribution in [0.5, 0.6) is 5.75 Å².